The van der Waals surface area contributed by atoms with E-state index in [1.807, 2.05) is 6.07 Å². The predicted octanol–water partition coefficient (Wildman–Crippen LogP) is 2.43. The molecule has 1 aromatic carbocycles. The average Bonchev–Trinajstić information content (AvgIpc) is 2.94. The van der Waals surface area contributed by atoms with E-state index in [-0.39, 0.29) is 5.91 Å². The summed E-state index contributed by atoms with van der Waals surface area (Å²) in [5, 5.41) is 6.73. The van der Waals surface area contributed by atoms with E-state index in [0.717, 1.165) is 37.6 Å². The van der Waals surface area contributed by atoms with Crippen molar-refractivity contribution in [3.8, 4) is 0 Å². The standard InChI is InChI=1S/C18H26N2O/c1-13-4-2-3-5-14(13)7-9-18(21)20-17-8-6-15-11-19-12-16(15)10-17/h2-5,15-17,19H,6-12H2,1H3,(H,20,21)/t15-,16+,17?/m0/s1. The van der Waals surface area contributed by atoms with E-state index in [0.29, 0.717) is 12.5 Å². The van der Waals surface area contributed by atoms with Crippen LogP contribution in [0.25, 0.3) is 0 Å². The van der Waals surface area contributed by atoms with E-state index >= 15 is 0 Å². The molecule has 3 nitrogen and oxygen atoms in total. The van der Waals surface area contributed by atoms with Crippen LogP contribution in [0.4, 0.5) is 0 Å². The maximum Gasteiger partial charge on any atom is 0.220 e. The first-order valence-corrected chi connectivity index (χ1v) is 8.27. The van der Waals surface area contributed by atoms with Crippen LogP contribution >= 0.6 is 0 Å². The number of benzene rings is 1. The van der Waals surface area contributed by atoms with Crippen molar-refractivity contribution in [3.05, 3.63) is 35.4 Å². The highest BCUT2D eigenvalue weighted by Gasteiger charge is 2.34. The third-order valence-electron chi connectivity index (χ3n) is 5.20. The first-order chi connectivity index (χ1) is 10.2. The molecular weight excluding hydrogens is 260 g/mol. The third-order valence-corrected chi connectivity index (χ3v) is 5.20. The van der Waals surface area contributed by atoms with Gasteiger partial charge in [-0.1, -0.05) is 24.3 Å². The number of carbonyl (C=O) groups excluding carboxylic acids is 1. The highest BCUT2D eigenvalue weighted by molar-refractivity contribution is 5.76. The molecule has 2 aliphatic rings. The van der Waals surface area contributed by atoms with E-state index < -0.39 is 0 Å². The minimum atomic E-state index is 0.215. The quantitative estimate of drug-likeness (QED) is 0.892. The Labute approximate surface area is 127 Å². The molecule has 1 saturated carbocycles. The Morgan fingerprint density at radius 3 is 2.90 bits per heavy atom. The van der Waals surface area contributed by atoms with Crippen molar-refractivity contribution in [3.63, 3.8) is 0 Å². The number of fused-ring (bicyclic) bond motifs is 1. The number of amides is 1. The lowest BCUT2D eigenvalue weighted by atomic mass is 9.79. The minimum absolute atomic E-state index is 0.215. The van der Waals surface area contributed by atoms with Crippen LogP contribution in [0.5, 0.6) is 0 Å². The van der Waals surface area contributed by atoms with Crippen molar-refractivity contribution in [2.45, 2.75) is 45.1 Å². The number of carbonyl (C=O) groups is 1. The molecule has 3 heteroatoms. The molecule has 2 N–H and O–H groups in total. The largest absolute Gasteiger partial charge is 0.353 e. The molecule has 3 atom stereocenters. The molecule has 114 valence electrons. The average molecular weight is 286 g/mol. The highest BCUT2D eigenvalue weighted by Crippen LogP contribution is 2.32. The molecule has 0 radical (unpaired) electrons. The maximum atomic E-state index is 12.2. The van der Waals surface area contributed by atoms with Crippen molar-refractivity contribution in [2.24, 2.45) is 11.8 Å². The summed E-state index contributed by atoms with van der Waals surface area (Å²) in [4.78, 5) is 12.2. The predicted molar refractivity (Wildman–Crippen MR) is 85.1 cm³/mol. The second kappa shape index (κ2) is 6.61. The molecule has 3 rings (SSSR count). The zero-order valence-corrected chi connectivity index (χ0v) is 12.9. The summed E-state index contributed by atoms with van der Waals surface area (Å²) in [5.74, 6) is 1.85. The lowest BCUT2D eigenvalue weighted by Gasteiger charge is -2.31. The van der Waals surface area contributed by atoms with Crippen LogP contribution in [0.1, 0.15) is 36.8 Å². The first kappa shape index (κ1) is 14.6. The van der Waals surface area contributed by atoms with Crippen molar-refractivity contribution < 1.29 is 4.79 Å². The zero-order valence-electron chi connectivity index (χ0n) is 12.9. The van der Waals surface area contributed by atoms with Crippen LogP contribution in [0.15, 0.2) is 24.3 Å². The second-order valence-corrected chi connectivity index (χ2v) is 6.68. The summed E-state index contributed by atoms with van der Waals surface area (Å²) in [5.41, 5.74) is 2.57. The molecule has 2 fully saturated rings. The summed E-state index contributed by atoms with van der Waals surface area (Å²) in [6, 6.07) is 8.73. The van der Waals surface area contributed by atoms with Crippen LogP contribution in [0, 0.1) is 18.8 Å². The van der Waals surface area contributed by atoms with Crippen molar-refractivity contribution in [1.29, 1.82) is 0 Å². The second-order valence-electron chi connectivity index (χ2n) is 6.68. The Morgan fingerprint density at radius 2 is 2.05 bits per heavy atom. The highest BCUT2D eigenvalue weighted by atomic mass is 16.1. The first-order valence-electron chi connectivity index (χ1n) is 8.27. The van der Waals surface area contributed by atoms with Gasteiger partial charge in [0.05, 0.1) is 0 Å². The maximum absolute atomic E-state index is 12.2. The van der Waals surface area contributed by atoms with E-state index in [9.17, 15) is 4.79 Å². The summed E-state index contributed by atoms with van der Waals surface area (Å²) < 4.78 is 0. The van der Waals surface area contributed by atoms with Gasteiger partial charge in [0.25, 0.3) is 0 Å². The summed E-state index contributed by atoms with van der Waals surface area (Å²) >= 11 is 0. The van der Waals surface area contributed by atoms with Gasteiger partial charge in [-0.25, -0.2) is 0 Å². The van der Waals surface area contributed by atoms with Crippen LogP contribution in [-0.2, 0) is 11.2 Å². The van der Waals surface area contributed by atoms with Crippen LogP contribution in [-0.4, -0.2) is 25.0 Å². The Balaban J connectivity index is 1.45. The summed E-state index contributed by atoms with van der Waals surface area (Å²) in [6.07, 6.45) is 5.03. The molecule has 21 heavy (non-hydrogen) atoms. The van der Waals surface area contributed by atoms with Crippen molar-refractivity contribution in [2.75, 3.05) is 13.1 Å². The van der Waals surface area contributed by atoms with Gasteiger partial charge in [-0.2, -0.15) is 0 Å². The van der Waals surface area contributed by atoms with E-state index in [1.54, 1.807) is 0 Å². The monoisotopic (exact) mass is 286 g/mol. The van der Waals surface area contributed by atoms with Gasteiger partial charge in [-0.3, -0.25) is 4.79 Å². The topological polar surface area (TPSA) is 41.1 Å². The molecule has 1 saturated heterocycles. The summed E-state index contributed by atoms with van der Waals surface area (Å²) in [7, 11) is 0. The van der Waals surface area contributed by atoms with Gasteiger partial charge in [-0.05, 0) is 68.7 Å². The molecule has 0 spiro atoms. The lowest BCUT2D eigenvalue weighted by Crippen LogP contribution is -2.40. The number of aryl methyl sites for hydroxylation is 2. The van der Waals surface area contributed by atoms with Gasteiger partial charge in [-0.15, -0.1) is 0 Å². The Morgan fingerprint density at radius 1 is 1.24 bits per heavy atom. The Hall–Kier alpha value is -1.35. The number of hydrogen-bond acceptors (Lipinski definition) is 2. The van der Waals surface area contributed by atoms with Crippen LogP contribution in [0.2, 0.25) is 0 Å². The zero-order chi connectivity index (χ0) is 14.7. The molecule has 1 unspecified atom stereocenters. The van der Waals surface area contributed by atoms with Gasteiger partial charge < -0.3 is 10.6 Å². The van der Waals surface area contributed by atoms with E-state index in [2.05, 4.69) is 35.8 Å². The molecule has 1 heterocycles. The fraction of sp³-hybridized carbons (Fsp3) is 0.611. The minimum Gasteiger partial charge on any atom is -0.353 e. The fourth-order valence-corrected chi connectivity index (χ4v) is 3.87. The summed E-state index contributed by atoms with van der Waals surface area (Å²) in [6.45, 7) is 4.43. The Bertz CT molecular complexity index is 500. The van der Waals surface area contributed by atoms with Gasteiger partial charge >= 0.3 is 0 Å². The molecule has 0 aromatic heterocycles. The smallest absolute Gasteiger partial charge is 0.220 e. The molecule has 1 aliphatic heterocycles. The number of rotatable bonds is 4. The van der Waals surface area contributed by atoms with Gasteiger partial charge in [0.1, 0.15) is 0 Å². The number of nitrogens with one attached hydrogen (secondary N) is 2. The Kier molecular flexibility index (Phi) is 4.59. The molecule has 1 aliphatic carbocycles. The molecular formula is C18H26N2O. The van der Waals surface area contributed by atoms with Crippen LogP contribution in [0.3, 0.4) is 0 Å². The van der Waals surface area contributed by atoms with Gasteiger partial charge in [0.2, 0.25) is 5.91 Å². The SMILES string of the molecule is Cc1ccccc1CCC(=O)NC1CC[C@H]2CNC[C@H]2C1. The van der Waals surface area contributed by atoms with Gasteiger partial charge in [0, 0.05) is 12.5 Å². The van der Waals surface area contributed by atoms with Crippen molar-refractivity contribution in [1.82, 2.24) is 10.6 Å². The molecule has 0 bridgehead atoms. The van der Waals surface area contributed by atoms with E-state index in [4.69, 9.17) is 0 Å². The third kappa shape index (κ3) is 3.65. The molecule has 1 aromatic rings. The van der Waals surface area contributed by atoms with Crippen LogP contribution < -0.4 is 10.6 Å². The fourth-order valence-electron chi connectivity index (χ4n) is 3.87. The normalized spacial score (nSPS) is 28.1. The van der Waals surface area contributed by atoms with E-state index in [1.165, 1.54) is 24.1 Å². The van der Waals surface area contributed by atoms with Gasteiger partial charge in [0.15, 0.2) is 0 Å². The molecule has 1 amide bonds. The van der Waals surface area contributed by atoms with Crippen molar-refractivity contribution >= 4 is 5.91 Å². The lowest BCUT2D eigenvalue weighted by molar-refractivity contribution is -0.122. The number of hydrogen-bond donors (Lipinski definition) is 2.